The predicted molar refractivity (Wildman–Crippen MR) is 32.5 cm³/mol. The van der Waals surface area contributed by atoms with E-state index < -0.39 is 0 Å². The van der Waals surface area contributed by atoms with Gasteiger partial charge in [0.2, 0.25) is 0 Å². The molecule has 0 atom stereocenters. The maximum atomic E-state index is 3.82. The molecule has 8 heavy (non-hydrogen) atoms. The maximum Gasteiger partial charge on any atom is 0.0889 e. The minimum atomic E-state index is 1.23. The lowest BCUT2D eigenvalue weighted by molar-refractivity contribution is 1.21. The third kappa shape index (κ3) is 0.861. The zero-order valence-corrected chi connectivity index (χ0v) is 5.10. The second kappa shape index (κ2) is 1.95. The Bertz CT molecular complexity index is 160. The SMILES string of the molecule is Cc1c[c]ncc1C. The van der Waals surface area contributed by atoms with Crippen molar-refractivity contribution in [3.8, 4) is 0 Å². The second-order valence-electron chi connectivity index (χ2n) is 1.90. The fraction of sp³-hybridized carbons (Fsp3) is 0.286. The van der Waals surface area contributed by atoms with Crippen molar-refractivity contribution >= 4 is 0 Å². The zero-order chi connectivity index (χ0) is 5.98. The van der Waals surface area contributed by atoms with Crippen LogP contribution in [0.3, 0.4) is 0 Å². The number of rotatable bonds is 0. The first-order chi connectivity index (χ1) is 3.80. The van der Waals surface area contributed by atoms with Crippen LogP contribution in [0.25, 0.3) is 0 Å². The highest BCUT2D eigenvalue weighted by molar-refractivity contribution is 5.18. The fourth-order valence-corrected chi connectivity index (χ4v) is 0.484. The second-order valence-corrected chi connectivity index (χ2v) is 1.90. The zero-order valence-electron chi connectivity index (χ0n) is 5.10. The molecule has 41 valence electrons. The summed E-state index contributed by atoms with van der Waals surface area (Å²) in [6, 6.07) is 1.88. The third-order valence-electron chi connectivity index (χ3n) is 1.24. The van der Waals surface area contributed by atoms with Crippen molar-refractivity contribution in [3.63, 3.8) is 0 Å². The standard InChI is InChI=1S/C7H8N/c1-6-3-4-8-5-7(6)2/h3,5H,1-2H3. The number of aromatic nitrogens is 1. The van der Waals surface area contributed by atoms with Crippen LogP contribution in [0.4, 0.5) is 0 Å². The summed E-state index contributed by atoms with van der Waals surface area (Å²) in [5.41, 5.74) is 2.48. The van der Waals surface area contributed by atoms with E-state index in [1.165, 1.54) is 11.1 Å². The lowest BCUT2D eigenvalue weighted by atomic mass is 10.2. The highest BCUT2D eigenvalue weighted by atomic mass is 14.6. The van der Waals surface area contributed by atoms with Crippen LogP contribution in [0.5, 0.6) is 0 Å². The summed E-state index contributed by atoms with van der Waals surface area (Å²) < 4.78 is 0. The highest BCUT2D eigenvalue weighted by Gasteiger charge is 1.85. The molecule has 0 aliphatic rings. The summed E-state index contributed by atoms with van der Waals surface area (Å²) in [6.45, 7) is 4.09. The molecular formula is C7H8N. The average Bonchev–Trinajstić information content (AvgIpc) is 1.77. The molecule has 1 rings (SSSR count). The molecule has 0 unspecified atom stereocenters. The molecule has 0 fully saturated rings. The number of hydrogen-bond acceptors (Lipinski definition) is 1. The molecule has 0 aliphatic carbocycles. The third-order valence-corrected chi connectivity index (χ3v) is 1.24. The van der Waals surface area contributed by atoms with Crippen LogP contribution in [-0.4, -0.2) is 4.98 Å². The van der Waals surface area contributed by atoms with E-state index in [2.05, 4.69) is 11.2 Å². The Hall–Kier alpha value is -0.850. The predicted octanol–water partition coefficient (Wildman–Crippen LogP) is 1.50. The van der Waals surface area contributed by atoms with Crippen LogP contribution < -0.4 is 0 Å². The lowest BCUT2D eigenvalue weighted by Crippen LogP contribution is -1.79. The monoisotopic (exact) mass is 106 g/mol. The van der Waals surface area contributed by atoms with Crippen molar-refractivity contribution in [1.29, 1.82) is 0 Å². The first-order valence-corrected chi connectivity index (χ1v) is 2.60. The minimum absolute atomic E-state index is 1.23. The molecule has 0 aliphatic heterocycles. The van der Waals surface area contributed by atoms with Gasteiger partial charge in [0.25, 0.3) is 0 Å². The van der Waals surface area contributed by atoms with E-state index >= 15 is 0 Å². The summed E-state index contributed by atoms with van der Waals surface area (Å²) in [4.78, 5) is 3.82. The smallest absolute Gasteiger partial charge is 0.0889 e. The van der Waals surface area contributed by atoms with E-state index in [0.717, 1.165) is 0 Å². The van der Waals surface area contributed by atoms with E-state index in [0.29, 0.717) is 0 Å². The molecule has 1 heterocycles. The van der Waals surface area contributed by atoms with Gasteiger partial charge < -0.3 is 0 Å². The Morgan fingerprint density at radius 3 is 2.50 bits per heavy atom. The summed E-state index contributed by atoms with van der Waals surface area (Å²) in [6.07, 6.45) is 4.57. The number of nitrogens with zero attached hydrogens (tertiary/aromatic N) is 1. The summed E-state index contributed by atoms with van der Waals surface area (Å²) in [7, 11) is 0. The number of hydrogen-bond donors (Lipinski definition) is 0. The largest absolute Gasteiger partial charge is 0.254 e. The Morgan fingerprint density at radius 1 is 1.38 bits per heavy atom. The normalized spacial score (nSPS) is 9.25. The molecule has 1 aromatic rings. The van der Waals surface area contributed by atoms with Gasteiger partial charge in [-0.15, -0.1) is 0 Å². The lowest BCUT2D eigenvalue weighted by Gasteiger charge is -1.92. The first kappa shape index (κ1) is 5.29. The Morgan fingerprint density at radius 2 is 2.12 bits per heavy atom. The Labute approximate surface area is 49.4 Å². The van der Waals surface area contributed by atoms with Crippen molar-refractivity contribution in [2.75, 3.05) is 0 Å². The molecule has 0 aromatic carbocycles. The van der Waals surface area contributed by atoms with E-state index in [-0.39, 0.29) is 0 Å². The fourth-order valence-electron chi connectivity index (χ4n) is 0.484. The Balaban J connectivity index is 3.13. The molecule has 1 radical (unpaired) electrons. The van der Waals surface area contributed by atoms with Gasteiger partial charge in [0.1, 0.15) is 0 Å². The van der Waals surface area contributed by atoms with Crippen LogP contribution in [0.15, 0.2) is 12.3 Å². The molecule has 0 spiro atoms. The molecule has 0 N–H and O–H groups in total. The summed E-state index contributed by atoms with van der Waals surface area (Å²) in [5.74, 6) is 0. The molecule has 0 bridgehead atoms. The van der Waals surface area contributed by atoms with Gasteiger partial charge in [0, 0.05) is 6.20 Å². The van der Waals surface area contributed by atoms with Gasteiger partial charge in [-0.1, -0.05) is 0 Å². The Kier molecular flexibility index (Phi) is 1.29. The molecule has 1 heteroatoms. The molecule has 1 aromatic heterocycles. The maximum absolute atomic E-state index is 3.82. The van der Waals surface area contributed by atoms with E-state index in [9.17, 15) is 0 Å². The highest BCUT2D eigenvalue weighted by Crippen LogP contribution is 1.99. The van der Waals surface area contributed by atoms with E-state index in [1.54, 1.807) is 0 Å². The van der Waals surface area contributed by atoms with E-state index in [4.69, 9.17) is 0 Å². The van der Waals surface area contributed by atoms with Gasteiger partial charge in [-0.25, -0.2) is 0 Å². The molecule has 1 nitrogen and oxygen atoms in total. The molecular weight excluding hydrogens is 98.1 g/mol. The van der Waals surface area contributed by atoms with Crippen molar-refractivity contribution in [2.45, 2.75) is 13.8 Å². The van der Waals surface area contributed by atoms with Crippen molar-refractivity contribution < 1.29 is 0 Å². The van der Waals surface area contributed by atoms with Gasteiger partial charge in [0.15, 0.2) is 0 Å². The van der Waals surface area contributed by atoms with E-state index in [1.807, 2.05) is 26.1 Å². The van der Waals surface area contributed by atoms with Gasteiger partial charge in [0.05, 0.1) is 6.20 Å². The minimum Gasteiger partial charge on any atom is -0.254 e. The molecule has 0 amide bonds. The quantitative estimate of drug-likeness (QED) is 0.488. The summed E-state index contributed by atoms with van der Waals surface area (Å²) >= 11 is 0. The van der Waals surface area contributed by atoms with Gasteiger partial charge >= 0.3 is 0 Å². The van der Waals surface area contributed by atoms with Crippen LogP contribution >= 0.6 is 0 Å². The van der Waals surface area contributed by atoms with Crippen molar-refractivity contribution in [2.24, 2.45) is 0 Å². The van der Waals surface area contributed by atoms with Gasteiger partial charge in [-0.2, -0.15) is 0 Å². The van der Waals surface area contributed by atoms with Crippen LogP contribution in [-0.2, 0) is 0 Å². The van der Waals surface area contributed by atoms with Gasteiger partial charge in [-0.05, 0) is 31.0 Å². The number of aryl methyl sites for hydroxylation is 2. The first-order valence-electron chi connectivity index (χ1n) is 2.60. The summed E-state index contributed by atoms with van der Waals surface area (Å²) in [5, 5.41) is 0. The topological polar surface area (TPSA) is 12.9 Å². The van der Waals surface area contributed by atoms with Crippen molar-refractivity contribution in [3.05, 3.63) is 29.6 Å². The van der Waals surface area contributed by atoms with Gasteiger partial charge in [-0.3, -0.25) is 4.98 Å². The average molecular weight is 106 g/mol. The molecule has 0 saturated carbocycles. The molecule has 0 saturated heterocycles. The number of pyridine rings is 1. The van der Waals surface area contributed by atoms with Crippen LogP contribution in [0.2, 0.25) is 0 Å². The van der Waals surface area contributed by atoms with Crippen LogP contribution in [0, 0.1) is 20.0 Å². The van der Waals surface area contributed by atoms with Crippen LogP contribution in [0.1, 0.15) is 11.1 Å². The van der Waals surface area contributed by atoms with Crippen molar-refractivity contribution in [1.82, 2.24) is 4.98 Å².